The molecule has 1 fully saturated rings. The molecule has 0 spiro atoms. The summed E-state index contributed by atoms with van der Waals surface area (Å²) in [6.07, 6.45) is -0.156. The summed E-state index contributed by atoms with van der Waals surface area (Å²) >= 11 is 0. The third-order valence-electron chi connectivity index (χ3n) is 2.58. The molecule has 1 heterocycles. The lowest BCUT2D eigenvalue weighted by Crippen LogP contribution is -2.53. The van der Waals surface area contributed by atoms with Crippen molar-refractivity contribution in [3.05, 3.63) is 29.8 Å². The van der Waals surface area contributed by atoms with Gasteiger partial charge in [0.1, 0.15) is 5.75 Å². The number of aromatic hydroxyl groups is 1. The summed E-state index contributed by atoms with van der Waals surface area (Å²) in [5.41, 5.74) is 0.901. The SMILES string of the molecule is Oc1ccccc1CNCN1CC(O)C1. The Bertz CT molecular complexity index is 324. The third-order valence-corrected chi connectivity index (χ3v) is 2.58. The van der Waals surface area contributed by atoms with E-state index >= 15 is 0 Å². The Hall–Kier alpha value is -1.10. The van der Waals surface area contributed by atoms with Crippen molar-refractivity contribution in [3.63, 3.8) is 0 Å². The van der Waals surface area contributed by atoms with Crippen LogP contribution in [0.4, 0.5) is 0 Å². The van der Waals surface area contributed by atoms with E-state index in [1.165, 1.54) is 0 Å². The van der Waals surface area contributed by atoms with Crippen LogP contribution < -0.4 is 5.32 Å². The summed E-state index contributed by atoms with van der Waals surface area (Å²) in [6.45, 7) is 2.90. The van der Waals surface area contributed by atoms with Gasteiger partial charge in [0.05, 0.1) is 6.10 Å². The average molecular weight is 208 g/mol. The van der Waals surface area contributed by atoms with Crippen LogP contribution in [0.25, 0.3) is 0 Å². The van der Waals surface area contributed by atoms with E-state index in [4.69, 9.17) is 5.11 Å². The molecule has 0 bridgehead atoms. The van der Waals surface area contributed by atoms with Crippen molar-refractivity contribution in [2.24, 2.45) is 0 Å². The molecule has 3 N–H and O–H groups in total. The Morgan fingerprint density at radius 2 is 2.07 bits per heavy atom. The lowest BCUT2D eigenvalue weighted by atomic mass is 10.2. The summed E-state index contributed by atoms with van der Waals surface area (Å²) in [4.78, 5) is 2.12. The molecule has 2 rings (SSSR count). The van der Waals surface area contributed by atoms with Crippen molar-refractivity contribution in [1.29, 1.82) is 0 Å². The van der Waals surface area contributed by atoms with Gasteiger partial charge in [-0.15, -0.1) is 0 Å². The number of aliphatic hydroxyl groups excluding tert-OH is 1. The Balaban J connectivity index is 1.72. The molecule has 82 valence electrons. The van der Waals surface area contributed by atoms with Gasteiger partial charge in [0.25, 0.3) is 0 Å². The number of aliphatic hydroxyl groups is 1. The smallest absolute Gasteiger partial charge is 0.120 e. The van der Waals surface area contributed by atoms with Crippen molar-refractivity contribution in [1.82, 2.24) is 10.2 Å². The number of hydrogen-bond acceptors (Lipinski definition) is 4. The second kappa shape index (κ2) is 4.61. The highest BCUT2D eigenvalue weighted by Crippen LogP contribution is 2.15. The van der Waals surface area contributed by atoms with Gasteiger partial charge in [-0.25, -0.2) is 0 Å². The highest BCUT2D eigenvalue weighted by Gasteiger charge is 2.23. The molecule has 1 aliphatic heterocycles. The van der Waals surface area contributed by atoms with Gasteiger partial charge in [0, 0.05) is 31.9 Å². The highest BCUT2D eigenvalue weighted by atomic mass is 16.3. The van der Waals surface area contributed by atoms with Gasteiger partial charge in [-0.1, -0.05) is 18.2 Å². The van der Waals surface area contributed by atoms with Crippen LogP contribution in [0.2, 0.25) is 0 Å². The van der Waals surface area contributed by atoms with E-state index in [1.54, 1.807) is 6.07 Å². The number of rotatable bonds is 4. The predicted molar refractivity (Wildman–Crippen MR) is 57.4 cm³/mol. The molecule has 0 amide bonds. The molecule has 0 aromatic heterocycles. The van der Waals surface area contributed by atoms with Gasteiger partial charge in [-0.3, -0.25) is 4.90 Å². The highest BCUT2D eigenvalue weighted by molar-refractivity contribution is 5.31. The zero-order valence-electron chi connectivity index (χ0n) is 8.56. The van der Waals surface area contributed by atoms with Crippen LogP contribution in [0, 0.1) is 0 Å². The number of β-amino-alcohol motifs (C(OH)–C–C–N with tert-alkyl or cyclic N) is 1. The second-order valence-corrected chi connectivity index (χ2v) is 3.90. The zero-order chi connectivity index (χ0) is 10.7. The predicted octanol–water partition coefficient (Wildman–Crippen LogP) is 0.116. The van der Waals surface area contributed by atoms with Crippen LogP contribution in [-0.2, 0) is 6.54 Å². The first-order valence-corrected chi connectivity index (χ1v) is 5.13. The molecule has 0 unspecified atom stereocenters. The fourth-order valence-electron chi connectivity index (χ4n) is 1.68. The van der Waals surface area contributed by atoms with Crippen LogP contribution >= 0.6 is 0 Å². The number of phenols is 1. The van der Waals surface area contributed by atoms with Gasteiger partial charge >= 0.3 is 0 Å². The molecule has 15 heavy (non-hydrogen) atoms. The van der Waals surface area contributed by atoms with E-state index in [0.29, 0.717) is 12.3 Å². The molecular formula is C11H16N2O2. The summed E-state index contributed by atoms with van der Waals surface area (Å²) in [5, 5.41) is 21.8. The van der Waals surface area contributed by atoms with Crippen molar-refractivity contribution in [2.75, 3.05) is 19.8 Å². The fourth-order valence-corrected chi connectivity index (χ4v) is 1.68. The molecule has 1 aromatic rings. The van der Waals surface area contributed by atoms with Crippen molar-refractivity contribution >= 4 is 0 Å². The van der Waals surface area contributed by atoms with Crippen molar-refractivity contribution < 1.29 is 10.2 Å². The fraction of sp³-hybridized carbons (Fsp3) is 0.455. The molecule has 4 nitrogen and oxygen atoms in total. The van der Waals surface area contributed by atoms with E-state index in [1.807, 2.05) is 18.2 Å². The van der Waals surface area contributed by atoms with Crippen molar-refractivity contribution in [2.45, 2.75) is 12.6 Å². The van der Waals surface area contributed by atoms with Crippen LogP contribution in [0.3, 0.4) is 0 Å². The lowest BCUT2D eigenvalue weighted by Gasteiger charge is -2.35. The first-order valence-electron chi connectivity index (χ1n) is 5.13. The molecule has 1 aliphatic rings. The number of para-hydroxylation sites is 1. The minimum absolute atomic E-state index is 0.156. The first kappa shape index (κ1) is 10.4. The molecule has 0 radical (unpaired) electrons. The summed E-state index contributed by atoms with van der Waals surface area (Å²) in [7, 11) is 0. The third kappa shape index (κ3) is 2.68. The molecule has 1 saturated heterocycles. The van der Waals surface area contributed by atoms with Gasteiger partial charge in [0.15, 0.2) is 0 Å². The molecule has 4 heteroatoms. The first-order chi connectivity index (χ1) is 7.25. The Labute approximate surface area is 89.1 Å². The topological polar surface area (TPSA) is 55.7 Å². The maximum Gasteiger partial charge on any atom is 0.120 e. The van der Waals surface area contributed by atoms with Crippen molar-refractivity contribution in [3.8, 4) is 5.75 Å². The quantitative estimate of drug-likeness (QED) is 0.657. The summed E-state index contributed by atoms with van der Waals surface area (Å²) in [5.74, 6) is 0.327. The minimum atomic E-state index is -0.156. The van der Waals surface area contributed by atoms with E-state index in [9.17, 15) is 5.11 Å². The molecule has 0 atom stereocenters. The maximum atomic E-state index is 9.50. The van der Waals surface area contributed by atoms with Gasteiger partial charge in [0.2, 0.25) is 0 Å². The van der Waals surface area contributed by atoms with E-state index in [0.717, 1.165) is 25.3 Å². The molecular weight excluding hydrogens is 192 g/mol. The van der Waals surface area contributed by atoms with E-state index in [-0.39, 0.29) is 6.10 Å². The standard InChI is InChI=1S/C11H16N2O2/c14-10-6-13(7-10)8-12-5-9-3-1-2-4-11(9)15/h1-4,10,12,14-15H,5-8H2. The number of nitrogens with zero attached hydrogens (tertiary/aromatic N) is 1. The van der Waals surface area contributed by atoms with Gasteiger partial charge < -0.3 is 15.5 Å². The number of phenolic OH excluding ortho intramolecular Hbond substituents is 1. The monoisotopic (exact) mass is 208 g/mol. The van der Waals surface area contributed by atoms with Gasteiger partial charge in [-0.2, -0.15) is 0 Å². The Morgan fingerprint density at radius 1 is 1.33 bits per heavy atom. The Morgan fingerprint density at radius 3 is 2.73 bits per heavy atom. The number of likely N-dealkylation sites (tertiary alicyclic amines) is 1. The lowest BCUT2D eigenvalue weighted by molar-refractivity contribution is -0.00261. The average Bonchev–Trinajstić information content (AvgIpc) is 2.18. The second-order valence-electron chi connectivity index (χ2n) is 3.90. The van der Waals surface area contributed by atoms with E-state index < -0.39 is 0 Å². The maximum absolute atomic E-state index is 9.50. The largest absolute Gasteiger partial charge is 0.508 e. The molecule has 1 aromatic carbocycles. The van der Waals surface area contributed by atoms with Crippen LogP contribution in [0.5, 0.6) is 5.75 Å². The van der Waals surface area contributed by atoms with Crippen LogP contribution in [0.1, 0.15) is 5.56 Å². The number of hydrogen-bond donors (Lipinski definition) is 3. The molecule has 0 aliphatic carbocycles. The number of nitrogens with one attached hydrogen (secondary N) is 1. The molecule has 0 saturated carbocycles. The number of benzene rings is 1. The van der Waals surface area contributed by atoms with Crippen LogP contribution in [0.15, 0.2) is 24.3 Å². The summed E-state index contributed by atoms with van der Waals surface area (Å²) in [6, 6.07) is 7.30. The van der Waals surface area contributed by atoms with E-state index in [2.05, 4.69) is 10.2 Å². The minimum Gasteiger partial charge on any atom is -0.508 e. The summed E-state index contributed by atoms with van der Waals surface area (Å²) < 4.78 is 0. The Kier molecular flexibility index (Phi) is 3.20. The zero-order valence-corrected chi connectivity index (χ0v) is 8.56. The normalized spacial score (nSPS) is 17.7. The van der Waals surface area contributed by atoms with Crippen LogP contribution in [-0.4, -0.2) is 41.0 Å². The van der Waals surface area contributed by atoms with Gasteiger partial charge in [-0.05, 0) is 6.07 Å².